The van der Waals surface area contributed by atoms with Gasteiger partial charge in [0.1, 0.15) is 5.75 Å². The van der Waals surface area contributed by atoms with Gasteiger partial charge in [-0.05, 0) is 61.4 Å². The van der Waals surface area contributed by atoms with Crippen LogP contribution in [0.5, 0.6) is 5.75 Å². The van der Waals surface area contributed by atoms with Crippen molar-refractivity contribution in [3.8, 4) is 5.75 Å². The Morgan fingerprint density at radius 2 is 1.52 bits per heavy atom. The van der Waals surface area contributed by atoms with Crippen molar-refractivity contribution in [3.05, 3.63) is 64.2 Å². The van der Waals surface area contributed by atoms with E-state index in [0.29, 0.717) is 28.5 Å². The van der Waals surface area contributed by atoms with E-state index in [1.807, 2.05) is 6.92 Å². The predicted molar refractivity (Wildman–Crippen MR) is 107 cm³/mol. The maximum Gasteiger partial charge on any atom is 0.343 e. The van der Waals surface area contributed by atoms with Crippen molar-refractivity contribution >= 4 is 23.5 Å². The maximum absolute atomic E-state index is 12.2. The van der Waals surface area contributed by atoms with E-state index in [9.17, 15) is 9.59 Å². The number of esters is 2. The largest absolute Gasteiger partial charge is 0.462 e. The van der Waals surface area contributed by atoms with Gasteiger partial charge in [-0.25, -0.2) is 9.59 Å². The van der Waals surface area contributed by atoms with Crippen molar-refractivity contribution in [2.24, 2.45) is 0 Å². The van der Waals surface area contributed by atoms with Crippen LogP contribution in [0.2, 0.25) is 5.02 Å². The minimum Gasteiger partial charge on any atom is -0.462 e. The zero-order chi connectivity index (χ0) is 19.6. The number of aryl methyl sites for hydroxylation is 1. The number of carbonyl (C=O) groups excluding carboxylic acids is 2. The number of halogens is 1. The number of benzene rings is 2. The van der Waals surface area contributed by atoms with Crippen molar-refractivity contribution in [1.82, 2.24) is 0 Å². The fraction of sp³-hybridized carbons (Fsp3) is 0.364. The van der Waals surface area contributed by atoms with Crippen LogP contribution in [0.3, 0.4) is 0 Å². The summed E-state index contributed by atoms with van der Waals surface area (Å²) in [7, 11) is 0. The number of hydrogen-bond acceptors (Lipinski definition) is 4. The molecule has 0 aliphatic heterocycles. The van der Waals surface area contributed by atoms with Crippen molar-refractivity contribution in [2.75, 3.05) is 6.61 Å². The molecular formula is C22H25ClO4. The number of ether oxygens (including phenoxy) is 2. The summed E-state index contributed by atoms with van der Waals surface area (Å²) in [5, 5.41) is 0.614. The van der Waals surface area contributed by atoms with Gasteiger partial charge in [-0.1, -0.05) is 44.2 Å². The van der Waals surface area contributed by atoms with Crippen molar-refractivity contribution in [1.29, 1.82) is 0 Å². The predicted octanol–water partition coefficient (Wildman–Crippen LogP) is 5.99. The summed E-state index contributed by atoms with van der Waals surface area (Å²) in [4.78, 5) is 24.2. The van der Waals surface area contributed by atoms with Gasteiger partial charge in [-0.3, -0.25) is 0 Å². The first-order valence-corrected chi connectivity index (χ1v) is 9.64. The Labute approximate surface area is 165 Å². The number of hydrogen-bond donors (Lipinski definition) is 0. The van der Waals surface area contributed by atoms with Crippen LogP contribution >= 0.6 is 11.6 Å². The van der Waals surface area contributed by atoms with E-state index >= 15 is 0 Å². The zero-order valence-electron chi connectivity index (χ0n) is 15.8. The van der Waals surface area contributed by atoms with Crippen molar-refractivity contribution in [3.63, 3.8) is 0 Å². The number of carbonyl (C=O) groups is 2. The molecule has 0 aliphatic carbocycles. The van der Waals surface area contributed by atoms with E-state index in [4.69, 9.17) is 21.1 Å². The number of rotatable bonds is 9. The average Bonchev–Trinajstić information content (AvgIpc) is 2.67. The van der Waals surface area contributed by atoms with Crippen LogP contribution in [0.1, 0.15) is 65.3 Å². The third-order valence-electron chi connectivity index (χ3n) is 4.18. The first kappa shape index (κ1) is 21.0. The fourth-order valence-corrected chi connectivity index (χ4v) is 2.66. The van der Waals surface area contributed by atoms with Gasteiger partial charge in [0.05, 0.1) is 17.7 Å². The second-order valence-corrected chi connectivity index (χ2v) is 6.84. The van der Waals surface area contributed by atoms with E-state index < -0.39 is 5.97 Å². The summed E-state index contributed by atoms with van der Waals surface area (Å²) >= 11 is 5.96. The van der Waals surface area contributed by atoms with Crippen LogP contribution in [0, 0.1) is 6.92 Å². The Morgan fingerprint density at radius 3 is 2.15 bits per heavy atom. The summed E-state index contributed by atoms with van der Waals surface area (Å²) < 4.78 is 10.6. The second kappa shape index (κ2) is 10.7. The highest BCUT2D eigenvalue weighted by Crippen LogP contribution is 2.22. The van der Waals surface area contributed by atoms with E-state index in [-0.39, 0.29) is 5.97 Å². The summed E-state index contributed by atoms with van der Waals surface area (Å²) in [5.41, 5.74) is 1.61. The van der Waals surface area contributed by atoms with E-state index in [0.717, 1.165) is 24.8 Å². The van der Waals surface area contributed by atoms with Gasteiger partial charge < -0.3 is 9.47 Å². The molecule has 0 radical (unpaired) electrons. The van der Waals surface area contributed by atoms with Crippen LogP contribution in [-0.2, 0) is 4.74 Å². The molecule has 0 amide bonds. The lowest BCUT2D eigenvalue weighted by Crippen LogP contribution is -2.10. The molecule has 2 aromatic carbocycles. The summed E-state index contributed by atoms with van der Waals surface area (Å²) in [6.07, 6.45) is 5.50. The fourth-order valence-electron chi connectivity index (χ4n) is 2.54. The van der Waals surface area contributed by atoms with Crippen molar-refractivity contribution < 1.29 is 19.1 Å². The lowest BCUT2D eigenvalue weighted by atomic mass is 10.1. The smallest absolute Gasteiger partial charge is 0.343 e. The van der Waals surface area contributed by atoms with Crippen LogP contribution < -0.4 is 4.74 Å². The van der Waals surface area contributed by atoms with E-state index in [1.165, 1.54) is 12.8 Å². The standard InChI is InChI=1S/C22H25ClO4/c1-3-4-5-6-7-14-26-21(24)17-8-10-18(11-9-17)22(25)27-19-12-13-20(23)16(2)15-19/h8-13,15H,3-7,14H2,1-2H3. The van der Waals surface area contributed by atoms with Gasteiger partial charge in [-0.15, -0.1) is 0 Å². The molecule has 4 nitrogen and oxygen atoms in total. The Balaban J connectivity index is 1.85. The van der Waals surface area contributed by atoms with E-state index in [2.05, 4.69) is 6.92 Å². The minimum atomic E-state index is -0.493. The van der Waals surface area contributed by atoms with Crippen LogP contribution in [0.15, 0.2) is 42.5 Å². The van der Waals surface area contributed by atoms with Crippen LogP contribution in [0.4, 0.5) is 0 Å². The Kier molecular flexibility index (Phi) is 8.34. The molecular weight excluding hydrogens is 364 g/mol. The molecule has 0 saturated heterocycles. The molecule has 0 saturated carbocycles. The first-order valence-electron chi connectivity index (χ1n) is 9.26. The molecule has 27 heavy (non-hydrogen) atoms. The van der Waals surface area contributed by atoms with Gasteiger partial charge in [-0.2, -0.15) is 0 Å². The maximum atomic E-state index is 12.2. The van der Waals surface area contributed by atoms with Crippen LogP contribution in [-0.4, -0.2) is 18.5 Å². The topological polar surface area (TPSA) is 52.6 Å². The highest BCUT2D eigenvalue weighted by Gasteiger charge is 2.12. The van der Waals surface area contributed by atoms with Gasteiger partial charge >= 0.3 is 11.9 Å². The van der Waals surface area contributed by atoms with Crippen LogP contribution in [0.25, 0.3) is 0 Å². The Hall–Kier alpha value is -2.33. The third kappa shape index (κ3) is 6.72. The van der Waals surface area contributed by atoms with Gasteiger partial charge in [0.15, 0.2) is 0 Å². The molecule has 0 N–H and O–H groups in total. The SMILES string of the molecule is CCCCCCCOC(=O)c1ccc(C(=O)Oc2ccc(Cl)c(C)c2)cc1. The molecule has 0 aliphatic rings. The molecule has 5 heteroatoms. The molecule has 2 rings (SSSR count). The molecule has 144 valence electrons. The second-order valence-electron chi connectivity index (χ2n) is 6.43. The zero-order valence-corrected chi connectivity index (χ0v) is 16.6. The molecule has 0 fully saturated rings. The summed E-state index contributed by atoms with van der Waals surface area (Å²) in [6.45, 7) is 4.42. The average molecular weight is 389 g/mol. The summed E-state index contributed by atoms with van der Waals surface area (Å²) in [6, 6.07) is 11.3. The summed E-state index contributed by atoms with van der Waals surface area (Å²) in [5.74, 6) is -0.445. The third-order valence-corrected chi connectivity index (χ3v) is 4.60. The lowest BCUT2D eigenvalue weighted by molar-refractivity contribution is 0.0497. The Morgan fingerprint density at radius 1 is 0.889 bits per heavy atom. The normalized spacial score (nSPS) is 10.5. The first-order chi connectivity index (χ1) is 13.0. The minimum absolute atomic E-state index is 0.360. The lowest BCUT2D eigenvalue weighted by Gasteiger charge is -2.07. The molecule has 0 heterocycles. The molecule has 0 aromatic heterocycles. The molecule has 0 unspecified atom stereocenters. The molecule has 0 bridgehead atoms. The molecule has 2 aromatic rings. The Bertz CT molecular complexity index is 768. The van der Waals surface area contributed by atoms with Gasteiger partial charge in [0.25, 0.3) is 0 Å². The quantitative estimate of drug-likeness (QED) is 0.300. The van der Waals surface area contributed by atoms with Crippen molar-refractivity contribution in [2.45, 2.75) is 46.0 Å². The highest BCUT2D eigenvalue weighted by molar-refractivity contribution is 6.31. The highest BCUT2D eigenvalue weighted by atomic mass is 35.5. The van der Waals surface area contributed by atoms with Gasteiger partial charge in [0, 0.05) is 5.02 Å². The number of unbranched alkanes of at least 4 members (excludes halogenated alkanes) is 4. The van der Waals surface area contributed by atoms with E-state index in [1.54, 1.807) is 42.5 Å². The molecule has 0 spiro atoms. The van der Waals surface area contributed by atoms with Gasteiger partial charge in [0.2, 0.25) is 0 Å². The monoisotopic (exact) mass is 388 g/mol. The molecule has 0 atom stereocenters.